The molecule has 4 heterocycles. The van der Waals surface area contributed by atoms with Crippen LogP contribution in [-0.4, -0.2) is 15.8 Å². The molecule has 0 N–H and O–H groups in total. The van der Waals surface area contributed by atoms with Crippen LogP contribution >= 0.6 is 0 Å². The molecule has 0 radical (unpaired) electrons. The van der Waals surface area contributed by atoms with E-state index in [-0.39, 0.29) is 6.71 Å². The number of fused-ring (bicyclic) bond motifs is 10. The van der Waals surface area contributed by atoms with Crippen LogP contribution in [0, 0.1) is 0 Å². The Morgan fingerprint density at radius 2 is 0.785 bits per heavy atom. The summed E-state index contributed by atoms with van der Waals surface area (Å²) in [6, 6.07) is 77.3. The Morgan fingerprint density at radius 1 is 0.338 bits per heavy atom. The van der Waals surface area contributed by atoms with E-state index >= 15 is 0 Å². The van der Waals surface area contributed by atoms with Gasteiger partial charge in [0.05, 0.1) is 22.1 Å². The Labute approximate surface area is 379 Å². The third kappa shape index (κ3) is 5.45. The molecular formula is C60H45BN4. The van der Waals surface area contributed by atoms with Gasteiger partial charge in [-0.3, -0.25) is 0 Å². The van der Waals surface area contributed by atoms with Gasteiger partial charge in [0.2, 0.25) is 0 Å². The van der Waals surface area contributed by atoms with Crippen molar-refractivity contribution in [3.05, 3.63) is 212 Å². The zero-order chi connectivity index (χ0) is 42.6. The summed E-state index contributed by atoms with van der Waals surface area (Å²) in [4.78, 5) is 5.15. The fourth-order valence-corrected chi connectivity index (χ4v) is 12.1. The van der Waals surface area contributed by atoms with Gasteiger partial charge in [-0.1, -0.05) is 128 Å². The summed E-state index contributed by atoms with van der Waals surface area (Å²) in [6.07, 6.45) is 6.36. The lowest BCUT2D eigenvalue weighted by Gasteiger charge is -2.45. The molecule has 0 bridgehead atoms. The van der Waals surface area contributed by atoms with Crippen molar-refractivity contribution in [2.75, 3.05) is 9.80 Å². The second-order valence-electron chi connectivity index (χ2n) is 18.3. The van der Waals surface area contributed by atoms with Crippen molar-refractivity contribution in [3.63, 3.8) is 0 Å². The van der Waals surface area contributed by atoms with Crippen LogP contribution in [0.3, 0.4) is 0 Å². The first-order valence-corrected chi connectivity index (χ1v) is 23.4. The number of aromatic nitrogens is 2. The molecule has 4 nitrogen and oxygen atoms in total. The first kappa shape index (κ1) is 36.7. The summed E-state index contributed by atoms with van der Waals surface area (Å²) in [5.41, 5.74) is 20.1. The van der Waals surface area contributed by atoms with Gasteiger partial charge in [-0.05, 0) is 138 Å². The van der Waals surface area contributed by atoms with Crippen LogP contribution in [0.5, 0.6) is 0 Å². The fraction of sp³-hybridized carbons (Fsp3) is 0.100. The largest absolute Gasteiger partial charge is 0.311 e. The van der Waals surface area contributed by atoms with Gasteiger partial charge in [-0.2, -0.15) is 0 Å². The third-order valence-electron chi connectivity index (χ3n) is 14.9. The Kier molecular flexibility index (Phi) is 8.12. The second-order valence-corrected chi connectivity index (χ2v) is 18.3. The number of rotatable bonds is 5. The molecule has 3 aliphatic rings. The monoisotopic (exact) mass is 832 g/mol. The molecule has 1 saturated carbocycles. The minimum absolute atomic E-state index is 0.0211. The molecule has 0 spiro atoms. The predicted molar refractivity (Wildman–Crippen MR) is 275 cm³/mol. The van der Waals surface area contributed by atoms with Crippen LogP contribution in [0.1, 0.15) is 43.6 Å². The number of para-hydroxylation sites is 6. The van der Waals surface area contributed by atoms with E-state index in [1.165, 1.54) is 137 Å². The number of hydrogen-bond donors (Lipinski definition) is 0. The highest BCUT2D eigenvalue weighted by molar-refractivity contribution is 7.00. The molecule has 1 aliphatic carbocycles. The minimum atomic E-state index is 0.0211. The van der Waals surface area contributed by atoms with Crippen molar-refractivity contribution >= 4 is 101 Å². The zero-order valence-electron chi connectivity index (χ0n) is 36.1. The maximum absolute atomic E-state index is 2.59. The molecule has 5 heteroatoms. The smallest absolute Gasteiger partial charge is 0.252 e. The Balaban J connectivity index is 1.02. The normalized spacial score (nSPS) is 14.6. The summed E-state index contributed by atoms with van der Waals surface area (Å²) in [5, 5.41) is 5.10. The van der Waals surface area contributed by atoms with Gasteiger partial charge in [-0.25, -0.2) is 0 Å². The maximum atomic E-state index is 2.59. The molecule has 65 heavy (non-hydrogen) atoms. The summed E-state index contributed by atoms with van der Waals surface area (Å²) >= 11 is 0. The Morgan fingerprint density at radius 3 is 1.37 bits per heavy atom. The Bertz CT molecular complexity index is 3560. The number of benzene rings is 9. The van der Waals surface area contributed by atoms with Crippen LogP contribution in [0.25, 0.3) is 55.0 Å². The Hall–Kier alpha value is -7.76. The van der Waals surface area contributed by atoms with Crippen molar-refractivity contribution in [3.8, 4) is 11.4 Å². The average Bonchev–Trinajstić information content (AvgIpc) is 3.90. The SMILES string of the molecule is c1ccc(N2c3ccc(-n4c5ccccc5c5ccccc54)cc3B3c4ccccc4N(c4ccc(-n5c6ccccc6c6ccccc65)cc4)c4cc(C5CCCCC5)cc2c43)cc1. The van der Waals surface area contributed by atoms with Crippen LogP contribution in [0.4, 0.5) is 34.1 Å². The quantitative estimate of drug-likeness (QED) is 0.161. The van der Waals surface area contributed by atoms with Crippen molar-refractivity contribution in [2.24, 2.45) is 0 Å². The van der Waals surface area contributed by atoms with Gasteiger partial charge in [0.25, 0.3) is 6.71 Å². The fourth-order valence-electron chi connectivity index (χ4n) is 12.1. The molecule has 0 amide bonds. The molecule has 9 aromatic carbocycles. The first-order valence-electron chi connectivity index (χ1n) is 23.4. The van der Waals surface area contributed by atoms with Crippen LogP contribution in [0.15, 0.2) is 206 Å². The molecule has 0 saturated heterocycles. The maximum Gasteiger partial charge on any atom is 0.252 e. The standard InChI is InChI=1S/C60H45BN4/c1-3-17-40(18-4-1)41-37-58-60-59(38-41)64(44-33-31-43(32-34-44)62-52-26-12-7-21-46(52)47-22-8-13-27-53(47)62)56-30-16-11-25-50(56)61(60)51-39-45(35-36-57(51)63(58)42-19-5-2-6-20-42)65-54-28-14-9-23-48(54)49-24-10-15-29-55(49)65/h2,5-16,19-40H,1,3-4,17-18H2. The number of anilines is 6. The summed E-state index contributed by atoms with van der Waals surface area (Å²) < 4.78 is 4.89. The van der Waals surface area contributed by atoms with E-state index in [0.717, 1.165) is 5.69 Å². The third-order valence-corrected chi connectivity index (χ3v) is 14.9. The van der Waals surface area contributed by atoms with Crippen molar-refractivity contribution < 1.29 is 0 Å². The van der Waals surface area contributed by atoms with E-state index in [0.29, 0.717) is 5.92 Å². The average molecular weight is 833 g/mol. The molecule has 0 unspecified atom stereocenters. The van der Waals surface area contributed by atoms with Crippen LogP contribution in [0.2, 0.25) is 0 Å². The summed E-state index contributed by atoms with van der Waals surface area (Å²) in [7, 11) is 0. The predicted octanol–water partition coefficient (Wildman–Crippen LogP) is 14.0. The second kappa shape index (κ2) is 14.4. The van der Waals surface area contributed by atoms with E-state index in [2.05, 4.69) is 225 Å². The topological polar surface area (TPSA) is 16.3 Å². The lowest BCUT2D eigenvalue weighted by Crippen LogP contribution is -2.61. The van der Waals surface area contributed by atoms with Gasteiger partial charge in [0.15, 0.2) is 0 Å². The van der Waals surface area contributed by atoms with Gasteiger partial charge < -0.3 is 18.9 Å². The lowest BCUT2D eigenvalue weighted by molar-refractivity contribution is 0.444. The van der Waals surface area contributed by atoms with Crippen LogP contribution < -0.4 is 26.2 Å². The van der Waals surface area contributed by atoms with Gasteiger partial charge in [0, 0.05) is 67.0 Å². The zero-order valence-corrected chi connectivity index (χ0v) is 36.1. The highest BCUT2D eigenvalue weighted by atomic mass is 15.2. The summed E-state index contributed by atoms with van der Waals surface area (Å²) in [6.45, 7) is 0.0211. The van der Waals surface area contributed by atoms with Gasteiger partial charge in [-0.15, -0.1) is 0 Å². The highest BCUT2D eigenvalue weighted by Crippen LogP contribution is 2.47. The van der Waals surface area contributed by atoms with E-state index < -0.39 is 0 Å². The first-order chi connectivity index (χ1) is 32.3. The van der Waals surface area contributed by atoms with Gasteiger partial charge in [0.1, 0.15) is 0 Å². The van der Waals surface area contributed by atoms with Gasteiger partial charge >= 0.3 is 0 Å². The van der Waals surface area contributed by atoms with Crippen LogP contribution in [-0.2, 0) is 0 Å². The molecule has 14 rings (SSSR count). The van der Waals surface area contributed by atoms with Crippen molar-refractivity contribution in [1.29, 1.82) is 0 Å². The van der Waals surface area contributed by atoms with E-state index in [1.54, 1.807) is 0 Å². The number of nitrogens with zero attached hydrogens (tertiary/aromatic N) is 4. The minimum Gasteiger partial charge on any atom is -0.311 e. The molecule has 2 aliphatic heterocycles. The molecule has 11 aromatic rings. The van der Waals surface area contributed by atoms with E-state index in [1.807, 2.05) is 0 Å². The molecule has 1 fully saturated rings. The van der Waals surface area contributed by atoms with E-state index in [9.17, 15) is 0 Å². The van der Waals surface area contributed by atoms with Crippen molar-refractivity contribution in [2.45, 2.75) is 38.0 Å². The molecular weight excluding hydrogens is 787 g/mol. The molecule has 2 aromatic heterocycles. The van der Waals surface area contributed by atoms with E-state index in [4.69, 9.17) is 0 Å². The number of hydrogen-bond acceptors (Lipinski definition) is 2. The van der Waals surface area contributed by atoms with Crippen molar-refractivity contribution in [1.82, 2.24) is 9.13 Å². The lowest BCUT2D eigenvalue weighted by atomic mass is 9.33. The molecule has 308 valence electrons. The summed E-state index contributed by atoms with van der Waals surface area (Å²) in [5.74, 6) is 0.525. The highest BCUT2D eigenvalue weighted by Gasteiger charge is 2.44. The molecule has 0 atom stereocenters.